The Morgan fingerprint density at radius 1 is 1.56 bits per heavy atom. The molecule has 2 aromatic heterocycles. The standard InChI is InChI=1S/C10H14N4OS/c1-6(2-4-15)12-8-7-3-5-16-9(7)14-10(11)13-8/h3,5-6,15H,2,4H2,1H3,(H3,11,12,13,14). The summed E-state index contributed by atoms with van der Waals surface area (Å²) in [4.78, 5) is 9.20. The highest BCUT2D eigenvalue weighted by Crippen LogP contribution is 2.26. The average molecular weight is 238 g/mol. The Kier molecular flexibility index (Phi) is 3.21. The number of fused-ring (bicyclic) bond motifs is 1. The Hall–Kier alpha value is -1.40. The van der Waals surface area contributed by atoms with Gasteiger partial charge in [-0.2, -0.15) is 4.98 Å². The van der Waals surface area contributed by atoms with Crippen molar-refractivity contribution in [2.75, 3.05) is 17.7 Å². The van der Waals surface area contributed by atoms with Gasteiger partial charge in [0, 0.05) is 12.6 Å². The second-order valence-corrected chi connectivity index (χ2v) is 4.52. The van der Waals surface area contributed by atoms with Crippen molar-refractivity contribution < 1.29 is 5.11 Å². The largest absolute Gasteiger partial charge is 0.396 e. The summed E-state index contributed by atoms with van der Waals surface area (Å²) >= 11 is 1.54. The zero-order valence-corrected chi connectivity index (χ0v) is 9.79. The van der Waals surface area contributed by atoms with E-state index in [1.807, 2.05) is 18.4 Å². The van der Waals surface area contributed by atoms with E-state index in [0.717, 1.165) is 16.0 Å². The highest BCUT2D eigenvalue weighted by Gasteiger charge is 2.09. The predicted octanol–water partition coefficient (Wildman–Crippen LogP) is 1.46. The minimum absolute atomic E-state index is 0.154. The summed E-state index contributed by atoms with van der Waals surface area (Å²) in [6.07, 6.45) is 0.676. The molecule has 0 aliphatic heterocycles. The zero-order chi connectivity index (χ0) is 11.5. The van der Waals surface area contributed by atoms with Gasteiger partial charge in [-0.25, -0.2) is 4.98 Å². The van der Waals surface area contributed by atoms with Crippen LogP contribution in [0.5, 0.6) is 0 Å². The van der Waals surface area contributed by atoms with Gasteiger partial charge in [0.1, 0.15) is 10.6 Å². The number of nitrogen functional groups attached to an aromatic ring is 1. The Morgan fingerprint density at radius 3 is 3.12 bits per heavy atom. The fourth-order valence-corrected chi connectivity index (χ4v) is 2.25. The molecular weight excluding hydrogens is 224 g/mol. The summed E-state index contributed by atoms with van der Waals surface area (Å²) < 4.78 is 0. The van der Waals surface area contributed by atoms with Gasteiger partial charge in [-0.1, -0.05) is 0 Å². The number of nitrogens with one attached hydrogen (secondary N) is 1. The van der Waals surface area contributed by atoms with Gasteiger partial charge in [-0.15, -0.1) is 11.3 Å². The minimum atomic E-state index is 0.154. The van der Waals surface area contributed by atoms with E-state index >= 15 is 0 Å². The molecule has 1 atom stereocenters. The molecule has 2 heterocycles. The van der Waals surface area contributed by atoms with E-state index in [-0.39, 0.29) is 18.6 Å². The molecular formula is C10H14N4OS. The van der Waals surface area contributed by atoms with Crippen molar-refractivity contribution in [3.8, 4) is 0 Å². The van der Waals surface area contributed by atoms with Gasteiger partial charge < -0.3 is 16.2 Å². The van der Waals surface area contributed by atoms with Crippen LogP contribution in [0.1, 0.15) is 13.3 Å². The highest BCUT2D eigenvalue weighted by atomic mass is 32.1. The maximum Gasteiger partial charge on any atom is 0.223 e. The van der Waals surface area contributed by atoms with Gasteiger partial charge in [-0.3, -0.25) is 0 Å². The third-order valence-electron chi connectivity index (χ3n) is 2.29. The van der Waals surface area contributed by atoms with Crippen LogP contribution in [0.2, 0.25) is 0 Å². The third kappa shape index (κ3) is 2.23. The maximum absolute atomic E-state index is 8.85. The van der Waals surface area contributed by atoms with Crippen LogP contribution in [0.15, 0.2) is 11.4 Å². The number of nitrogens with zero attached hydrogens (tertiary/aromatic N) is 2. The van der Waals surface area contributed by atoms with E-state index in [0.29, 0.717) is 6.42 Å². The molecule has 0 amide bonds. The molecule has 0 aromatic carbocycles. The molecule has 2 aromatic rings. The number of aliphatic hydroxyl groups is 1. The SMILES string of the molecule is CC(CCO)Nc1nc(N)nc2sccc12. The normalized spacial score (nSPS) is 12.9. The van der Waals surface area contributed by atoms with Crippen molar-refractivity contribution in [2.45, 2.75) is 19.4 Å². The van der Waals surface area contributed by atoms with Crippen LogP contribution in [0.25, 0.3) is 10.2 Å². The van der Waals surface area contributed by atoms with Gasteiger partial charge in [0.25, 0.3) is 0 Å². The van der Waals surface area contributed by atoms with Crippen molar-refractivity contribution in [3.63, 3.8) is 0 Å². The van der Waals surface area contributed by atoms with Crippen LogP contribution in [0.3, 0.4) is 0 Å². The number of aliphatic hydroxyl groups excluding tert-OH is 1. The first-order chi connectivity index (χ1) is 7.70. The van der Waals surface area contributed by atoms with E-state index in [4.69, 9.17) is 10.8 Å². The van der Waals surface area contributed by atoms with E-state index in [1.54, 1.807) is 0 Å². The van der Waals surface area contributed by atoms with Crippen LogP contribution in [0.4, 0.5) is 11.8 Å². The molecule has 0 spiro atoms. The monoisotopic (exact) mass is 238 g/mol. The number of nitrogens with two attached hydrogens (primary N) is 1. The Morgan fingerprint density at radius 2 is 2.38 bits per heavy atom. The summed E-state index contributed by atoms with van der Waals surface area (Å²) in [5.74, 6) is 1.01. The van der Waals surface area contributed by atoms with Gasteiger partial charge in [0.05, 0.1) is 5.39 Å². The topological polar surface area (TPSA) is 84.1 Å². The minimum Gasteiger partial charge on any atom is -0.396 e. The van der Waals surface area contributed by atoms with Gasteiger partial charge in [-0.05, 0) is 24.8 Å². The fraction of sp³-hybridized carbons (Fsp3) is 0.400. The number of hydrogen-bond acceptors (Lipinski definition) is 6. The number of hydrogen-bond donors (Lipinski definition) is 3. The van der Waals surface area contributed by atoms with Crippen molar-refractivity contribution in [1.82, 2.24) is 9.97 Å². The number of aromatic nitrogens is 2. The highest BCUT2D eigenvalue weighted by molar-refractivity contribution is 7.16. The molecule has 0 saturated heterocycles. The van der Waals surface area contributed by atoms with Crippen molar-refractivity contribution in [1.29, 1.82) is 0 Å². The molecule has 0 saturated carbocycles. The quantitative estimate of drug-likeness (QED) is 0.751. The van der Waals surface area contributed by atoms with Crippen molar-refractivity contribution in [2.24, 2.45) is 0 Å². The van der Waals surface area contributed by atoms with Crippen LogP contribution in [-0.4, -0.2) is 27.7 Å². The first-order valence-electron chi connectivity index (χ1n) is 5.09. The van der Waals surface area contributed by atoms with Gasteiger partial charge in [0.2, 0.25) is 5.95 Å². The molecule has 16 heavy (non-hydrogen) atoms. The summed E-state index contributed by atoms with van der Waals surface area (Å²) in [7, 11) is 0. The van der Waals surface area contributed by atoms with Gasteiger partial charge >= 0.3 is 0 Å². The van der Waals surface area contributed by atoms with E-state index in [1.165, 1.54) is 11.3 Å². The fourth-order valence-electron chi connectivity index (χ4n) is 1.48. The zero-order valence-electron chi connectivity index (χ0n) is 8.97. The summed E-state index contributed by atoms with van der Waals surface area (Å²) in [6.45, 7) is 2.15. The Labute approximate surface area is 97.3 Å². The van der Waals surface area contributed by atoms with Crippen LogP contribution in [-0.2, 0) is 0 Å². The maximum atomic E-state index is 8.85. The number of rotatable bonds is 4. The van der Waals surface area contributed by atoms with Crippen molar-refractivity contribution in [3.05, 3.63) is 11.4 Å². The Balaban J connectivity index is 2.31. The molecule has 0 fully saturated rings. The van der Waals surface area contributed by atoms with Gasteiger partial charge in [0.15, 0.2) is 0 Å². The first-order valence-corrected chi connectivity index (χ1v) is 5.97. The molecule has 0 radical (unpaired) electrons. The molecule has 5 nitrogen and oxygen atoms in total. The molecule has 4 N–H and O–H groups in total. The predicted molar refractivity (Wildman–Crippen MR) is 66.6 cm³/mol. The lowest BCUT2D eigenvalue weighted by Gasteiger charge is -2.13. The van der Waals surface area contributed by atoms with Crippen LogP contribution < -0.4 is 11.1 Å². The molecule has 0 aliphatic rings. The number of anilines is 2. The number of thiophene rings is 1. The van der Waals surface area contributed by atoms with Crippen molar-refractivity contribution >= 4 is 33.3 Å². The second kappa shape index (κ2) is 4.63. The lowest BCUT2D eigenvalue weighted by Crippen LogP contribution is -2.18. The average Bonchev–Trinajstić information content (AvgIpc) is 2.65. The third-order valence-corrected chi connectivity index (χ3v) is 3.09. The summed E-state index contributed by atoms with van der Waals surface area (Å²) in [6, 6.07) is 2.12. The first kappa shape index (κ1) is 11.1. The molecule has 6 heteroatoms. The van der Waals surface area contributed by atoms with Crippen LogP contribution in [0, 0.1) is 0 Å². The summed E-state index contributed by atoms with van der Waals surface area (Å²) in [5, 5.41) is 15.0. The molecule has 0 aliphatic carbocycles. The van der Waals surface area contributed by atoms with E-state index in [2.05, 4.69) is 15.3 Å². The Bertz CT molecular complexity index is 485. The molecule has 86 valence electrons. The molecule has 2 rings (SSSR count). The van der Waals surface area contributed by atoms with E-state index in [9.17, 15) is 0 Å². The molecule has 1 unspecified atom stereocenters. The lowest BCUT2D eigenvalue weighted by molar-refractivity contribution is 0.282. The second-order valence-electron chi connectivity index (χ2n) is 3.63. The lowest BCUT2D eigenvalue weighted by atomic mass is 10.2. The summed E-state index contributed by atoms with van der Waals surface area (Å²) in [5.41, 5.74) is 5.63. The smallest absolute Gasteiger partial charge is 0.223 e. The van der Waals surface area contributed by atoms with E-state index < -0.39 is 0 Å². The molecule has 0 bridgehead atoms. The van der Waals surface area contributed by atoms with Crippen LogP contribution >= 0.6 is 11.3 Å².